The van der Waals surface area contributed by atoms with Crippen molar-refractivity contribution in [3.05, 3.63) is 0 Å². The summed E-state index contributed by atoms with van der Waals surface area (Å²) in [4.78, 5) is 93.3. The highest BCUT2D eigenvalue weighted by Crippen LogP contribution is 2.59. The largest absolute Gasteiger partial charge is 0.470 e. The molecule has 10 N–H and O–H groups in total. The zero-order valence-corrected chi connectivity index (χ0v) is 16.1. The number of carbonyl (C=O) groups is 1. The summed E-state index contributed by atoms with van der Waals surface area (Å²) in [6.45, 7) is 0. The molecule has 160 valence electrons. The van der Waals surface area contributed by atoms with Gasteiger partial charge in [-0.25, -0.2) is 13.7 Å². The Kier molecular flexibility index (Phi) is 7.67. The molecule has 0 aliphatic heterocycles. The van der Waals surface area contributed by atoms with Crippen LogP contribution in [0.15, 0.2) is 0 Å². The fraction of sp³-hybridized carbons (Fsp3) is 0.833. The number of aliphatic hydroxyl groups excluding tert-OH is 1. The molecular formula is C6H15O17P4+. The highest BCUT2D eigenvalue weighted by molar-refractivity contribution is 7.60. The number of carbonyl (C=O) groups excluding carboxylic acids is 1. The summed E-state index contributed by atoms with van der Waals surface area (Å²) >= 11 is 0. The van der Waals surface area contributed by atoms with Gasteiger partial charge < -0.3 is 34.5 Å². The van der Waals surface area contributed by atoms with Crippen LogP contribution in [0.3, 0.4) is 0 Å². The van der Waals surface area contributed by atoms with Crippen LogP contribution < -0.4 is 0 Å². The van der Waals surface area contributed by atoms with Gasteiger partial charge >= 0.3 is 31.4 Å². The molecule has 0 bridgehead atoms. The lowest BCUT2D eigenvalue weighted by Crippen LogP contribution is -2.63. The molecule has 5 atom stereocenters. The van der Waals surface area contributed by atoms with Gasteiger partial charge in [0.1, 0.15) is 12.2 Å². The van der Waals surface area contributed by atoms with Crippen molar-refractivity contribution >= 4 is 37.2 Å². The Morgan fingerprint density at radius 3 is 1.44 bits per heavy atom. The van der Waals surface area contributed by atoms with Crippen LogP contribution in [0.4, 0.5) is 0 Å². The zero-order valence-electron chi connectivity index (χ0n) is 12.5. The van der Waals surface area contributed by atoms with Gasteiger partial charge in [0.2, 0.25) is 11.4 Å². The summed E-state index contributed by atoms with van der Waals surface area (Å²) in [5.74, 6) is -1.91. The summed E-state index contributed by atoms with van der Waals surface area (Å²) < 4.78 is 45.0. The Morgan fingerprint density at radius 2 is 1.11 bits per heavy atom. The molecule has 0 radical (unpaired) electrons. The summed E-state index contributed by atoms with van der Waals surface area (Å²) in [6.07, 6.45) is -11.0. The van der Waals surface area contributed by atoms with E-state index in [9.17, 15) is 38.3 Å². The van der Waals surface area contributed by atoms with Crippen LogP contribution in [0.25, 0.3) is 0 Å². The lowest BCUT2D eigenvalue weighted by Gasteiger charge is -2.40. The first-order valence-corrected chi connectivity index (χ1v) is 12.5. The first-order chi connectivity index (χ1) is 11.7. The van der Waals surface area contributed by atoms with Crippen molar-refractivity contribution in [2.24, 2.45) is 0 Å². The Hall–Kier alpha value is 0.270. The average molecular weight is 483 g/mol. The Bertz CT molecular complexity index is 695. The topological polar surface area (TPSA) is 298 Å². The molecule has 1 fully saturated rings. The van der Waals surface area contributed by atoms with Gasteiger partial charge in [-0.15, -0.1) is 0 Å². The van der Waals surface area contributed by atoms with Crippen LogP contribution in [0.5, 0.6) is 0 Å². The maximum absolute atomic E-state index is 12.2. The number of aliphatic hydroxyl groups is 1. The first-order valence-electron chi connectivity index (χ1n) is 6.23. The van der Waals surface area contributed by atoms with Crippen molar-refractivity contribution in [3.8, 4) is 0 Å². The number of hydrogen-bond donors (Lipinski definition) is 10. The zero-order chi connectivity index (χ0) is 21.6. The number of Topliss-reactive ketones (excluding diaryl/α,β-unsaturated/α-hetero) is 1. The highest BCUT2D eigenvalue weighted by atomic mass is 31.2. The summed E-state index contributed by atoms with van der Waals surface area (Å²) in [5.41, 5.74) is -2.86. The molecule has 1 rings (SSSR count). The highest BCUT2D eigenvalue weighted by Gasteiger charge is 2.67. The number of hydrogen-bond acceptors (Lipinski definition) is 11. The maximum Gasteiger partial charge on any atom is 0.470 e. The molecule has 21 heteroatoms. The average Bonchev–Trinajstić information content (AvgIpc) is 2.34. The van der Waals surface area contributed by atoms with Crippen molar-refractivity contribution in [1.82, 2.24) is 0 Å². The van der Waals surface area contributed by atoms with E-state index in [1.165, 1.54) is 0 Å². The minimum absolute atomic E-state index is 1.91. The number of ketones is 1. The molecule has 1 saturated carbocycles. The SMILES string of the molecule is O=C1C(OP(=O)(O)O)[C@H](O)[C@@H](OP(=O)(O)O)C(OP(=O)(O)O)[C@H]1[P+](O)(O)O. The minimum atomic E-state index is -5.66. The number of phosphoric ester groups is 3. The van der Waals surface area contributed by atoms with Gasteiger partial charge in [-0.05, 0) is 0 Å². The second-order valence-electron chi connectivity index (χ2n) is 5.09. The normalized spacial score (nSPS) is 31.2. The molecule has 2 unspecified atom stereocenters. The van der Waals surface area contributed by atoms with Gasteiger partial charge in [0.05, 0.1) is 0 Å². The van der Waals surface area contributed by atoms with Crippen molar-refractivity contribution < 1.29 is 81.2 Å². The van der Waals surface area contributed by atoms with E-state index in [0.717, 1.165) is 0 Å². The van der Waals surface area contributed by atoms with E-state index in [4.69, 9.17) is 29.4 Å². The molecule has 0 aromatic carbocycles. The molecule has 0 heterocycles. The van der Waals surface area contributed by atoms with Crippen LogP contribution in [0, 0.1) is 0 Å². The molecule has 0 aromatic heterocycles. The third kappa shape index (κ3) is 7.55. The second-order valence-corrected chi connectivity index (χ2v) is 10.5. The predicted molar refractivity (Wildman–Crippen MR) is 79.1 cm³/mol. The summed E-state index contributed by atoms with van der Waals surface area (Å²) in [7, 11) is -22.4. The van der Waals surface area contributed by atoms with Crippen LogP contribution in [-0.4, -0.2) is 85.0 Å². The van der Waals surface area contributed by atoms with Gasteiger partial charge in [-0.2, -0.15) is 14.7 Å². The Labute approximate surface area is 149 Å². The second kappa shape index (κ2) is 8.19. The van der Waals surface area contributed by atoms with E-state index >= 15 is 0 Å². The van der Waals surface area contributed by atoms with Crippen LogP contribution in [0.1, 0.15) is 0 Å². The molecule has 1 aliphatic rings. The van der Waals surface area contributed by atoms with Crippen molar-refractivity contribution in [1.29, 1.82) is 0 Å². The Balaban J connectivity index is 3.54. The standard InChI is InChI=1S/C6H14O17P4/c7-1-3(21-25(12,13)14)2(8)6(24(9,10)11)5(23-27(18,19)20)4(1)22-26(15,16)17/h1,3-7,9-11H,(H5-,12,13,14,15,16,17,18,19,20)/p+1/t1-,3?,4+,5?,6-/m0/s1. The Morgan fingerprint density at radius 1 is 0.741 bits per heavy atom. The molecule has 0 amide bonds. The third-order valence-electron chi connectivity index (χ3n) is 3.00. The van der Waals surface area contributed by atoms with E-state index in [1.807, 2.05) is 0 Å². The number of rotatable bonds is 7. The van der Waals surface area contributed by atoms with E-state index in [-0.39, 0.29) is 0 Å². The molecule has 17 nitrogen and oxygen atoms in total. The third-order valence-corrected chi connectivity index (χ3v) is 5.83. The van der Waals surface area contributed by atoms with Gasteiger partial charge in [-0.1, -0.05) is 0 Å². The molecule has 27 heavy (non-hydrogen) atoms. The van der Waals surface area contributed by atoms with Gasteiger partial charge in [-0.3, -0.25) is 18.4 Å². The molecule has 0 spiro atoms. The summed E-state index contributed by atoms with van der Waals surface area (Å²) in [5, 5.41) is 9.95. The minimum Gasteiger partial charge on any atom is -0.387 e. The molecule has 1 aliphatic carbocycles. The fourth-order valence-electron chi connectivity index (χ4n) is 2.23. The fourth-order valence-corrected chi connectivity index (χ4v) is 5.09. The van der Waals surface area contributed by atoms with Gasteiger partial charge in [0.25, 0.3) is 0 Å². The van der Waals surface area contributed by atoms with Crippen LogP contribution in [0.2, 0.25) is 0 Å². The smallest absolute Gasteiger partial charge is 0.387 e. The van der Waals surface area contributed by atoms with Crippen molar-refractivity contribution in [3.63, 3.8) is 0 Å². The van der Waals surface area contributed by atoms with Crippen molar-refractivity contribution in [2.75, 3.05) is 0 Å². The molecule has 0 saturated heterocycles. The van der Waals surface area contributed by atoms with Crippen LogP contribution in [-0.2, 0) is 32.1 Å². The van der Waals surface area contributed by atoms with Gasteiger partial charge in [0, 0.05) is 0 Å². The van der Waals surface area contributed by atoms with Crippen LogP contribution >= 0.6 is 31.4 Å². The van der Waals surface area contributed by atoms with E-state index in [2.05, 4.69) is 13.6 Å². The predicted octanol–water partition coefficient (Wildman–Crippen LogP) is -3.53. The lowest BCUT2D eigenvalue weighted by molar-refractivity contribution is -0.157. The van der Waals surface area contributed by atoms with E-state index in [0.29, 0.717) is 0 Å². The van der Waals surface area contributed by atoms with E-state index in [1.54, 1.807) is 0 Å². The lowest BCUT2D eigenvalue weighted by atomic mass is 9.88. The van der Waals surface area contributed by atoms with Crippen molar-refractivity contribution in [2.45, 2.75) is 30.1 Å². The van der Waals surface area contributed by atoms with Gasteiger partial charge in [0.15, 0.2) is 12.2 Å². The summed E-state index contributed by atoms with van der Waals surface area (Å²) in [6, 6.07) is 0. The molecular weight excluding hydrogens is 468 g/mol. The monoisotopic (exact) mass is 483 g/mol. The molecule has 0 aromatic rings. The maximum atomic E-state index is 12.2. The first kappa shape index (κ1) is 25.3. The number of phosphoric acid groups is 3. The van der Waals surface area contributed by atoms with E-state index < -0.39 is 67.3 Å². The quantitative estimate of drug-likeness (QED) is 0.157.